The zero-order valence-corrected chi connectivity index (χ0v) is 22.2. The summed E-state index contributed by atoms with van der Waals surface area (Å²) in [4.78, 5) is 66.0. The van der Waals surface area contributed by atoms with E-state index in [9.17, 15) is 19.2 Å². The van der Waals surface area contributed by atoms with Crippen LogP contribution in [0.25, 0.3) is 11.2 Å². The van der Waals surface area contributed by atoms with Crippen molar-refractivity contribution in [2.24, 2.45) is 5.92 Å². The van der Waals surface area contributed by atoms with Gasteiger partial charge >= 0.3 is 6.09 Å². The average molecular weight is 541 g/mol. The van der Waals surface area contributed by atoms with E-state index in [1.807, 2.05) is 13.8 Å². The molecule has 0 bridgehead atoms. The summed E-state index contributed by atoms with van der Waals surface area (Å²) in [5.74, 6) is 0.116. The molecule has 3 aromatic rings. The molecule has 1 unspecified atom stereocenters. The number of ether oxygens (including phenoxy) is 1. The summed E-state index contributed by atoms with van der Waals surface area (Å²) in [7, 11) is 3.20. The third kappa shape index (κ3) is 8.12. The number of carbonyl (C=O) groups excluding carboxylic acids is 2. The van der Waals surface area contributed by atoms with Crippen molar-refractivity contribution in [3.63, 3.8) is 0 Å². The van der Waals surface area contributed by atoms with Gasteiger partial charge in [0.2, 0.25) is 17.7 Å². The van der Waals surface area contributed by atoms with Crippen LogP contribution in [0.4, 0.5) is 10.5 Å². The number of H-pyrrole nitrogens is 1. The van der Waals surface area contributed by atoms with E-state index in [4.69, 9.17) is 9.84 Å². The van der Waals surface area contributed by atoms with Crippen LogP contribution in [-0.2, 0) is 16.1 Å². The lowest BCUT2D eigenvalue weighted by Crippen LogP contribution is -2.44. The van der Waals surface area contributed by atoms with Crippen LogP contribution >= 0.6 is 0 Å². The molecule has 0 aliphatic heterocycles. The lowest BCUT2D eigenvalue weighted by atomic mass is 10.1. The predicted octanol–water partition coefficient (Wildman–Crippen LogP) is 1.60. The zero-order chi connectivity index (χ0) is 28.5. The van der Waals surface area contributed by atoms with Crippen LogP contribution < -0.4 is 20.9 Å². The molecule has 3 rings (SSSR count). The first-order chi connectivity index (χ1) is 18.5. The molecule has 0 aliphatic rings. The molecule has 14 heteroatoms. The van der Waals surface area contributed by atoms with E-state index in [-0.39, 0.29) is 31.0 Å². The van der Waals surface area contributed by atoms with E-state index < -0.39 is 23.6 Å². The van der Waals surface area contributed by atoms with Crippen LogP contribution in [0.5, 0.6) is 5.88 Å². The number of amides is 3. The molecule has 4 N–H and O–H groups in total. The van der Waals surface area contributed by atoms with E-state index in [1.54, 1.807) is 26.2 Å². The van der Waals surface area contributed by atoms with Gasteiger partial charge in [-0.1, -0.05) is 19.9 Å². The van der Waals surface area contributed by atoms with Gasteiger partial charge in [0, 0.05) is 20.3 Å². The fourth-order valence-corrected chi connectivity index (χ4v) is 3.43. The summed E-state index contributed by atoms with van der Waals surface area (Å²) in [6, 6.07) is 1.85. The fraction of sp³-hybridized carbons (Fsp3) is 0.400. The summed E-state index contributed by atoms with van der Waals surface area (Å²) in [5, 5.41) is 13.8. The van der Waals surface area contributed by atoms with Crippen molar-refractivity contribution in [2.45, 2.75) is 39.3 Å². The number of aromatic amines is 1. The Bertz CT molecular complexity index is 1410. The first-order valence-corrected chi connectivity index (χ1v) is 12.2. The van der Waals surface area contributed by atoms with E-state index in [0.717, 1.165) is 0 Å². The predicted molar refractivity (Wildman–Crippen MR) is 142 cm³/mol. The van der Waals surface area contributed by atoms with Gasteiger partial charge in [0.25, 0.3) is 5.56 Å². The van der Waals surface area contributed by atoms with Crippen LogP contribution in [0.2, 0.25) is 0 Å². The third-order valence-electron chi connectivity index (χ3n) is 5.39. The van der Waals surface area contributed by atoms with Crippen molar-refractivity contribution < 1.29 is 24.2 Å². The highest BCUT2D eigenvalue weighted by atomic mass is 16.5. The van der Waals surface area contributed by atoms with E-state index in [0.29, 0.717) is 35.4 Å². The number of allylic oxidation sites excluding steroid dienone is 1. The number of nitrogens with one attached hydrogen (secondary N) is 3. The molecule has 208 valence electrons. The molecule has 0 spiro atoms. The van der Waals surface area contributed by atoms with Crippen molar-refractivity contribution in [3.8, 4) is 5.88 Å². The Morgan fingerprint density at radius 1 is 1.26 bits per heavy atom. The summed E-state index contributed by atoms with van der Waals surface area (Å²) < 4.78 is 7.06. The minimum atomic E-state index is -1.39. The lowest BCUT2D eigenvalue weighted by molar-refractivity contribution is -0.123. The minimum absolute atomic E-state index is 0.0325. The summed E-state index contributed by atoms with van der Waals surface area (Å²) in [5.41, 5.74) is 0.351. The van der Waals surface area contributed by atoms with Crippen molar-refractivity contribution in [3.05, 3.63) is 53.0 Å². The molecule has 0 saturated carbocycles. The molecule has 3 aromatic heterocycles. The lowest BCUT2D eigenvalue weighted by Gasteiger charge is -2.16. The molecule has 0 aliphatic carbocycles. The first kappa shape index (κ1) is 28.8. The van der Waals surface area contributed by atoms with Gasteiger partial charge in [0.1, 0.15) is 23.9 Å². The number of pyridine rings is 1. The monoisotopic (exact) mass is 540 g/mol. The largest absolute Gasteiger partial charge is 0.476 e. The van der Waals surface area contributed by atoms with E-state index >= 15 is 0 Å². The zero-order valence-electron chi connectivity index (χ0n) is 22.2. The second-order valence-corrected chi connectivity index (χ2v) is 9.32. The van der Waals surface area contributed by atoms with E-state index in [2.05, 4.69) is 30.6 Å². The summed E-state index contributed by atoms with van der Waals surface area (Å²) in [6.07, 6.45) is 4.74. The van der Waals surface area contributed by atoms with Gasteiger partial charge in [0.05, 0.1) is 13.2 Å². The van der Waals surface area contributed by atoms with Crippen molar-refractivity contribution >= 4 is 34.8 Å². The quantitative estimate of drug-likeness (QED) is 0.248. The fourth-order valence-electron chi connectivity index (χ4n) is 3.43. The molecule has 0 saturated heterocycles. The topological polar surface area (TPSA) is 184 Å². The number of nitrogens with zero attached hydrogens (tertiary/aromatic N) is 5. The van der Waals surface area contributed by atoms with Gasteiger partial charge in [-0.05, 0) is 37.0 Å². The Morgan fingerprint density at radius 2 is 2.03 bits per heavy atom. The number of fused-ring (bicyclic) bond motifs is 1. The van der Waals surface area contributed by atoms with Crippen molar-refractivity contribution in [2.75, 3.05) is 26.0 Å². The summed E-state index contributed by atoms with van der Waals surface area (Å²) in [6.45, 7) is 4.53. The Labute approximate surface area is 224 Å². The van der Waals surface area contributed by atoms with Crippen LogP contribution in [-0.4, -0.2) is 79.2 Å². The molecular weight excluding hydrogens is 508 g/mol. The van der Waals surface area contributed by atoms with Crippen LogP contribution in [0.1, 0.15) is 32.5 Å². The van der Waals surface area contributed by atoms with Gasteiger partial charge in [-0.15, -0.1) is 0 Å². The highest BCUT2D eigenvalue weighted by Gasteiger charge is 2.21. The van der Waals surface area contributed by atoms with Crippen molar-refractivity contribution in [1.29, 1.82) is 0 Å². The standard InChI is InChI=1S/C25H32N8O6/c1-15(2)13-39-23-20-21(26-14-27-23)31-18(30-20)12-33-11-7-9-17(24(33)36)28-22(35)16(29-25(37)38)8-5-6-10-19(34)32(3)4/h6-7,9-11,14-16,29H,5,8,12-13H2,1-4H3,(H,28,35)(H,37,38)(H,26,27,30,31)/b10-6+. The average Bonchev–Trinajstić information content (AvgIpc) is 3.29. The maximum atomic E-state index is 13.1. The molecular formula is C25H32N8O6. The number of anilines is 1. The summed E-state index contributed by atoms with van der Waals surface area (Å²) >= 11 is 0. The molecule has 0 radical (unpaired) electrons. The number of carboxylic acid groups (broad SMARTS) is 1. The van der Waals surface area contributed by atoms with Gasteiger partial charge in [-0.3, -0.25) is 14.4 Å². The van der Waals surface area contributed by atoms with E-state index in [1.165, 1.54) is 34.1 Å². The number of aromatic nitrogens is 5. The van der Waals surface area contributed by atoms with Crippen LogP contribution in [0.15, 0.2) is 41.6 Å². The molecule has 0 fully saturated rings. The number of hydrogen-bond donors (Lipinski definition) is 4. The Balaban J connectivity index is 1.73. The van der Waals surface area contributed by atoms with Crippen LogP contribution in [0, 0.1) is 5.92 Å². The maximum Gasteiger partial charge on any atom is 0.405 e. The molecule has 3 amide bonds. The van der Waals surface area contributed by atoms with Crippen LogP contribution in [0.3, 0.4) is 0 Å². The van der Waals surface area contributed by atoms with Gasteiger partial charge in [0.15, 0.2) is 11.2 Å². The number of carbonyl (C=O) groups is 3. The number of hydrogen-bond acceptors (Lipinski definition) is 8. The molecule has 39 heavy (non-hydrogen) atoms. The second-order valence-electron chi connectivity index (χ2n) is 9.32. The molecule has 0 aromatic carbocycles. The SMILES string of the molecule is CC(C)COc1ncnc2[nH]c(Cn3cccc(NC(=O)C(CC/C=C/C(=O)N(C)C)NC(=O)O)c3=O)nc12. The Morgan fingerprint density at radius 3 is 2.72 bits per heavy atom. The van der Waals surface area contributed by atoms with Gasteiger partial charge in [-0.2, -0.15) is 4.98 Å². The van der Waals surface area contributed by atoms with Crippen molar-refractivity contribution in [1.82, 2.24) is 34.7 Å². The number of rotatable bonds is 12. The third-order valence-corrected chi connectivity index (χ3v) is 5.39. The second kappa shape index (κ2) is 13.2. The molecule has 1 atom stereocenters. The Kier molecular flexibility index (Phi) is 9.73. The Hall–Kier alpha value is -4.75. The molecule has 14 nitrogen and oxygen atoms in total. The number of imidazole rings is 1. The van der Waals surface area contributed by atoms with Gasteiger partial charge < -0.3 is 34.9 Å². The highest BCUT2D eigenvalue weighted by Crippen LogP contribution is 2.19. The molecule has 3 heterocycles. The smallest absolute Gasteiger partial charge is 0.405 e. The highest BCUT2D eigenvalue weighted by molar-refractivity contribution is 5.96. The minimum Gasteiger partial charge on any atom is -0.476 e. The number of likely N-dealkylation sites (N-methyl/N-ethyl adjacent to an activating group) is 1. The normalized spacial score (nSPS) is 12.0. The van der Waals surface area contributed by atoms with Gasteiger partial charge in [-0.25, -0.2) is 14.8 Å². The first-order valence-electron chi connectivity index (χ1n) is 12.2. The maximum absolute atomic E-state index is 13.1.